The summed E-state index contributed by atoms with van der Waals surface area (Å²) in [5.41, 5.74) is 0.998. The van der Waals surface area contributed by atoms with E-state index in [1.165, 1.54) is 0 Å². The monoisotopic (exact) mass is 315 g/mol. The van der Waals surface area contributed by atoms with Crippen LogP contribution in [0, 0.1) is 6.92 Å². The highest BCUT2D eigenvalue weighted by molar-refractivity contribution is 5.88. The van der Waals surface area contributed by atoms with Crippen LogP contribution in [-0.2, 0) is 7.05 Å². The molecule has 2 amide bonds. The van der Waals surface area contributed by atoms with Crippen molar-refractivity contribution in [3.05, 3.63) is 30.1 Å². The minimum atomic E-state index is -0.251. The molecular formula is C15H21N7O. The molecule has 2 aromatic rings. The lowest BCUT2D eigenvalue weighted by atomic mass is 10.1. The van der Waals surface area contributed by atoms with Crippen LogP contribution in [0.1, 0.15) is 18.5 Å². The maximum Gasteiger partial charge on any atom is 0.320 e. The Morgan fingerprint density at radius 2 is 2.30 bits per heavy atom. The number of carbonyl (C=O) groups excluding carboxylic acids is 1. The van der Waals surface area contributed by atoms with Gasteiger partial charge in [0.2, 0.25) is 0 Å². The van der Waals surface area contributed by atoms with Crippen molar-refractivity contribution in [3.8, 4) is 0 Å². The topological polar surface area (TPSA) is 88.0 Å². The molecule has 8 heteroatoms. The van der Waals surface area contributed by atoms with Crippen molar-refractivity contribution in [1.82, 2.24) is 25.3 Å². The fraction of sp³-hybridized carbons (Fsp3) is 0.467. The lowest BCUT2D eigenvalue weighted by Gasteiger charge is -2.34. The molecule has 0 bridgehead atoms. The van der Waals surface area contributed by atoms with Crippen LogP contribution < -0.4 is 15.5 Å². The van der Waals surface area contributed by atoms with Crippen molar-refractivity contribution in [1.29, 1.82) is 0 Å². The molecule has 2 N–H and O–H groups in total. The summed E-state index contributed by atoms with van der Waals surface area (Å²) in [7, 11) is 1.94. The van der Waals surface area contributed by atoms with Gasteiger partial charge in [0.15, 0.2) is 5.82 Å². The summed E-state index contributed by atoms with van der Waals surface area (Å²) in [5, 5.41) is 17.7. The number of rotatable bonds is 3. The first-order chi connectivity index (χ1) is 11.1. The van der Waals surface area contributed by atoms with Gasteiger partial charge >= 0.3 is 6.03 Å². The SMILES string of the molecule is Cc1cc(N2CCCC(NC(=O)Nc3cccnn3)C2)n(C)n1. The molecular weight excluding hydrogens is 294 g/mol. The summed E-state index contributed by atoms with van der Waals surface area (Å²) in [6.45, 7) is 3.73. The molecule has 1 saturated heterocycles. The predicted molar refractivity (Wildman–Crippen MR) is 87.4 cm³/mol. The lowest BCUT2D eigenvalue weighted by Crippen LogP contribution is -2.49. The molecule has 1 aliphatic rings. The van der Waals surface area contributed by atoms with Crippen molar-refractivity contribution >= 4 is 17.7 Å². The molecule has 3 heterocycles. The van der Waals surface area contributed by atoms with Gasteiger partial charge in [-0.25, -0.2) is 4.79 Å². The van der Waals surface area contributed by atoms with Crippen LogP contribution in [0.2, 0.25) is 0 Å². The first-order valence-corrected chi connectivity index (χ1v) is 7.72. The van der Waals surface area contributed by atoms with E-state index in [0.29, 0.717) is 5.82 Å². The van der Waals surface area contributed by atoms with Gasteiger partial charge < -0.3 is 10.2 Å². The molecule has 1 fully saturated rings. The first kappa shape index (κ1) is 15.3. The number of aryl methyl sites for hydroxylation is 2. The first-order valence-electron chi connectivity index (χ1n) is 7.72. The fourth-order valence-corrected chi connectivity index (χ4v) is 2.90. The maximum atomic E-state index is 12.1. The number of amides is 2. The minimum absolute atomic E-state index is 0.0932. The zero-order valence-corrected chi connectivity index (χ0v) is 13.4. The normalized spacial score (nSPS) is 17.8. The van der Waals surface area contributed by atoms with E-state index >= 15 is 0 Å². The Bertz CT molecular complexity index is 670. The van der Waals surface area contributed by atoms with Crippen LogP contribution >= 0.6 is 0 Å². The number of piperidine rings is 1. The average Bonchev–Trinajstić information content (AvgIpc) is 2.87. The van der Waals surface area contributed by atoms with Crippen molar-refractivity contribution in [2.24, 2.45) is 7.05 Å². The van der Waals surface area contributed by atoms with Gasteiger partial charge in [0.05, 0.1) is 5.69 Å². The number of nitrogens with one attached hydrogen (secondary N) is 2. The van der Waals surface area contributed by atoms with Crippen LogP contribution in [0.5, 0.6) is 0 Å². The molecule has 0 spiro atoms. The Morgan fingerprint density at radius 1 is 1.43 bits per heavy atom. The molecule has 122 valence electrons. The number of aromatic nitrogens is 4. The predicted octanol–water partition coefficient (Wildman–Crippen LogP) is 1.31. The number of anilines is 2. The Kier molecular flexibility index (Phi) is 4.40. The van der Waals surface area contributed by atoms with Gasteiger partial charge in [-0.15, -0.1) is 5.10 Å². The second-order valence-corrected chi connectivity index (χ2v) is 5.76. The number of carbonyl (C=O) groups is 1. The Morgan fingerprint density at radius 3 is 3.00 bits per heavy atom. The maximum absolute atomic E-state index is 12.1. The van der Waals surface area contributed by atoms with Crippen molar-refractivity contribution in [2.45, 2.75) is 25.8 Å². The van der Waals surface area contributed by atoms with E-state index in [9.17, 15) is 4.79 Å². The summed E-state index contributed by atoms with van der Waals surface area (Å²) in [5.74, 6) is 1.53. The number of nitrogens with zero attached hydrogens (tertiary/aromatic N) is 5. The molecule has 0 saturated carbocycles. The largest absolute Gasteiger partial charge is 0.355 e. The van der Waals surface area contributed by atoms with E-state index in [1.54, 1.807) is 18.3 Å². The van der Waals surface area contributed by atoms with Crippen LogP contribution in [0.15, 0.2) is 24.4 Å². The molecule has 3 rings (SSSR count). The van der Waals surface area contributed by atoms with Crippen molar-refractivity contribution in [2.75, 3.05) is 23.3 Å². The molecule has 0 radical (unpaired) electrons. The number of urea groups is 1. The third-order valence-electron chi connectivity index (χ3n) is 3.87. The zero-order valence-electron chi connectivity index (χ0n) is 13.4. The van der Waals surface area contributed by atoms with Crippen LogP contribution in [0.25, 0.3) is 0 Å². The van der Waals surface area contributed by atoms with Crippen molar-refractivity contribution in [3.63, 3.8) is 0 Å². The summed E-state index contributed by atoms with van der Waals surface area (Å²) >= 11 is 0. The third-order valence-corrected chi connectivity index (χ3v) is 3.87. The average molecular weight is 315 g/mol. The highest BCUT2D eigenvalue weighted by atomic mass is 16.2. The number of hydrogen-bond donors (Lipinski definition) is 2. The molecule has 1 unspecified atom stereocenters. The van der Waals surface area contributed by atoms with Gasteiger partial charge in [-0.3, -0.25) is 10.00 Å². The highest BCUT2D eigenvalue weighted by Crippen LogP contribution is 2.20. The van der Waals surface area contributed by atoms with Gasteiger partial charge in [-0.2, -0.15) is 10.2 Å². The Balaban J connectivity index is 1.58. The molecule has 0 aromatic carbocycles. The van der Waals surface area contributed by atoms with Gasteiger partial charge in [0.1, 0.15) is 5.82 Å². The van der Waals surface area contributed by atoms with Gasteiger partial charge in [-0.1, -0.05) is 0 Å². The third kappa shape index (κ3) is 3.77. The standard InChI is InChI=1S/C15H21N7O/c1-11-9-14(21(2)20-11)22-8-4-5-12(10-22)17-15(23)18-13-6-3-7-16-19-13/h3,6-7,9,12H,4-5,8,10H2,1-2H3,(H2,17,18,19,23). The molecule has 1 aliphatic heterocycles. The van der Waals surface area contributed by atoms with E-state index in [1.807, 2.05) is 18.7 Å². The smallest absolute Gasteiger partial charge is 0.320 e. The second kappa shape index (κ2) is 6.64. The van der Waals surface area contributed by atoms with E-state index in [0.717, 1.165) is 37.4 Å². The van der Waals surface area contributed by atoms with Gasteiger partial charge in [-0.05, 0) is 31.9 Å². The van der Waals surface area contributed by atoms with E-state index < -0.39 is 0 Å². The van der Waals surface area contributed by atoms with E-state index in [4.69, 9.17) is 0 Å². The van der Waals surface area contributed by atoms with Gasteiger partial charge in [0.25, 0.3) is 0 Å². The summed E-state index contributed by atoms with van der Waals surface area (Å²) in [6, 6.07) is 5.35. The van der Waals surface area contributed by atoms with Gasteiger partial charge in [0, 0.05) is 38.4 Å². The van der Waals surface area contributed by atoms with Crippen LogP contribution in [0.3, 0.4) is 0 Å². The van der Waals surface area contributed by atoms with Crippen LogP contribution in [0.4, 0.5) is 16.4 Å². The highest BCUT2D eigenvalue weighted by Gasteiger charge is 2.23. The summed E-state index contributed by atoms with van der Waals surface area (Å²) < 4.78 is 1.89. The Labute approximate surface area is 134 Å². The zero-order chi connectivity index (χ0) is 16.2. The lowest BCUT2D eigenvalue weighted by molar-refractivity contribution is 0.246. The minimum Gasteiger partial charge on any atom is -0.355 e. The molecule has 2 aromatic heterocycles. The van der Waals surface area contributed by atoms with E-state index in [-0.39, 0.29) is 12.1 Å². The Hall–Kier alpha value is -2.64. The summed E-state index contributed by atoms with van der Waals surface area (Å²) in [4.78, 5) is 14.3. The van der Waals surface area contributed by atoms with Crippen LogP contribution in [-0.4, -0.2) is 45.1 Å². The fourth-order valence-electron chi connectivity index (χ4n) is 2.90. The quantitative estimate of drug-likeness (QED) is 0.891. The van der Waals surface area contributed by atoms with Crippen molar-refractivity contribution < 1.29 is 4.79 Å². The molecule has 0 aliphatic carbocycles. The second-order valence-electron chi connectivity index (χ2n) is 5.76. The number of hydrogen-bond acceptors (Lipinski definition) is 5. The summed E-state index contributed by atoms with van der Waals surface area (Å²) in [6.07, 6.45) is 3.56. The molecule has 8 nitrogen and oxygen atoms in total. The molecule has 1 atom stereocenters. The molecule has 23 heavy (non-hydrogen) atoms. The van der Waals surface area contributed by atoms with E-state index in [2.05, 4.69) is 36.9 Å².